The SMILES string of the molecule is O=C(O)c1cc(C(=O)N2CCCCCC2c2ccco2)cc([N+](=O)[O-])c1. The summed E-state index contributed by atoms with van der Waals surface area (Å²) in [5, 5.41) is 20.3. The Bertz CT molecular complexity index is 798. The summed E-state index contributed by atoms with van der Waals surface area (Å²) in [6.07, 6.45) is 4.98. The van der Waals surface area contributed by atoms with E-state index in [4.69, 9.17) is 4.42 Å². The topological polar surface area (TPSA) is 114 Å². The summed E-state index contributed by atoms with van der Waals surface area (Å²) in [5.74, 6) is -1.09. The van der Waals surface area contributed by atoms with Crippen LogP contribution in [0.15, 0.2) is 41.0 Å². The van der Waals surface area contributed by atoms with Gasteiger partial charge in [0.1, 0.15) is 5.76 Å². The molecule has 0 spiro atoms. The Morgan fingerprint density at radius 1 is 1.19 bits per heavy atom. The van der Waals surface area contributed by atoms with Crippen LogP contribution in [0.2, 0.25) is 0 Å². The lowest BCUT2D eigenvalue weighted by molar-refractivity contribution is -0.384. The molecule has 136 valence electrons. The van der Waals surface area contributed by atoms with Crippen LogP contribution < -0.4 is 0 Å². The van der Waals surface area contributed by atoms with E-state index >= 15 is 0 Å². The second-order valence-corrected chi connectivity index (χ2v) is 6.21. The second kappa shape index (κ2) is 7.38. The van der Waals surface area contributed by atoms with E-state index in [1.165, 1.54) is 6.07 Å². The number of carboxylic acid groups (broad SMARTS) is 1. The van der Waals surface area contributed by atoms with E-state index in [0.29, 0.717) is 12.3 Å². The minimum absolute atomic E-state index is 0.00458. The number of rotatable bonds is 4. The van der Waals surface area contributed by atoms with Gasteiger partial charge in [-0.1, -0.05) is 12.8 Å². The average molecular weight is 358 g/mol. The zero-order valence-corrected chi connectivity index (χ0v) is 14.0. The zero-order valence-electron chi connectivity index (χ0n) is 14.0. The highest BCUT2D eigenvalue weighted by molar-refractivity contribution is 5.98. The Morgan fingerprint density at radius 2 is 1.96 bits per heavy atom. The highest BCUT2D eigenvalue weighted by atomic mass is 16.6. The van der Waals surface area contributed by atoms with Crippen molar-refractivity contribution in [2.45, 2.75) is 31.7 Å². The highest BCUT2D eigenvalue weighted by Crippen LogP contribution is 2.32. The standard InChI is InChI=1S/C18H18N2O6/c21-17(12-9-13(18(22)23)11-14(10-12)20(24)25)19-7-3-1-2-5-15(19)16-6-4-8-26-16/h4,6,8-11,15H,1-3,5,7H2,(H,22,23). The molecule has 0 radical (unpaired) electrons. The van der Waals surface area contributed by atoms with Gasteiger partial charge in [-0.15, -0.1) is 0 Å². The van der Waals surface area contributed by atoms with Crippen LogP contribution >= 0.6 is 0 Å². The van der Waals surface area contributed by atoms with Gasteiger partial charge in [0.15, 0.2) is 0 Å². The van der Waals surface area contributed by atoms with Gasteiger partial charge in [-0.2, -0.15) is 0 Å². The van der Waals surface area contributed by atoms with Crippen molar-refractivity contribution < 1.29 is 24.0 Å². The van der Waals surface area contributed by atoms with Crippen molar-refractivity contribution in [3.8, 4) is 0 Å². The number of aromatic carboxylic acids is 1. The number of nitro benzene ring substituents is 1. The quantitative estimate of drug-likeness (QED) is 0.659. The molecule has 1 aromatic heterocycles. The first kappa shape index (κ1) is 17.7. The number of hydrogen-bond acceptors (Lipinski definition) is 5. The van der Waals surface area contributed by atoms with Crippen molar-refractivity contribution in [3.63, 3.8) is 0 Å². The van der Waals surface area contributed by atoms with Crippen molar-refractivity contribution in [1.29, 1.82) is 0 Å². The molecule has 0 bridgehead atoms. The fraction of sp³-hybridized carbons (Fsp3) is 0.333. The van der Waals surface area contributed by atoms with Gasteiger partial charge >= 0.3 is 5.97 Å². The lowest BCUT2D eigenvalue weighted by atomic mass is 10.0. The van der Waals surface area contributed by atoms with Crippen LogP contribution in [0.3, 0.4) is 0 Å². The predicted molar refractivity (Wildman–Crippen MR) is 91.0 cm³/mol. The van der Waals surface area contributed by atoms with Crippen LogP contribution in [-0.4, -0.2) is 33.4 Å². The van der Waals surface area contributed by atoms with Crippen molar-refractivity contribution in [2.75, 3.05) is 6.54 Å². The second-order valence-electron chi connectivity index (χ2n) is 6.21. The molecule has 0 saturated carbocycles. The molecule has 1 N–H and O–H groups in total. The normalized spacial score (nSPS) is 17.5. The molecular formula is C18H18N2O6. The van der Waals surface area contributed by atoms with Gasteiger partial charge in [-0.3, -0.25) is 14.9 Å². The van der Waals surface area contributed by atoms with Gasteiger partial charge in [0.05, 0.1) is 22.8 Å². The van der Waals surface area contributed by atoms with E-state index in [2.05, 4.69) is 0 Å². The first-order chi connectivity index (χ1) is 12.5. The molecule has 2 heterocycles. The molecule has 1 aliphatic rings. The predicted octanol–water partition coefficient (Wildman–Crippen LogP) is 3.64. The van der Waals surface area contributed by atoms with Gasteiger partial charge in [0.2, 0.25) is 0 Å². The van der Waals surface area contributed by atoms with Gasteiger partial charge in [-0.25, -0.2) is 4.79 Å². The van der Waals surface area contributed by atoms with Crippen LogP contribution in [0.4, 0.5) is 5.69 Å². The lowest BCUT2D eigenvalue weighted by Crippen LogP contribution is -2.34. The van der Waals surface area contributed by atoms with E-state index in [-0.39, 0.29) is 17.2 Å². The first-order valence-corrected chi connectivity index (χ1v) is 8.34. The number of non-ortho nitro benzene ring substituents is 1. The lowest BCUT2D eigenvalue weighted by Gasteiger charge is -2.28. The molecule has 1 atom stereocenters. The van der Waals surface area contributed by atoms with Crippen LogP contribution in [0.25, 0.3) is 0 Å². The number of furan rings is 1. The summed E-state index contributed by atoms with van der Waals surface area (Å²) in [6, 6.07) is 6.53. The van der Waals surface area contributed by atoms with Crippen molar-refractivity contribution in [1.82, 2.24) is 4.90 Å². The van der Waals surface area contributed by atoms with Crippen molar-refractivity contribution in [3.05, 3.63) is 63.6 Å². The van der Waals surface area contributed by atoms with Crippen molar-refractivity contribution in [2.24, 2.45) is 0 Å². The number of nitrogens with zero attached hydrogens (tertiary/aromatic N) is 2. The van der Waals surface area contributed by atoms with E-state index < -0.39 is 22.5 Å². The third-order valence-electron chi connectivity index (χ3n) is 4.51. The van der Waals surface area contributed by atoms with E-state index in [9.17, 15) is 24.8 Å². The zero-order chi connectivity index (χ0) is 18.7. The van der Waals surface area contributed by atoms with Crippen LogP contribution in [0.1, 0.15) is 58.2 Å². The van der Waals surface area contributed by atoms with Gasteiger partial charge in [-0.05, 0) is 31.0 Å². The van der Waals surface area contributed by atoms with E-state index in [1.807, 2.05) is 0 Å². The number of benzene rings is 1. The number of likely N-dealkylation sites (tertiary alicyclic amines) is 1. The third-order valence-corrected chi connectivity index (χ3v) is 4.51. The van der Waals surface area contributed by atoms with Crippen LogP contribution in [-0.2, 0) is 0 Å². The number of hydrogen-bond donors (Lipinski definition) is 1. The molecule has 1 aromatic carbocycles. The molecule has 1 amide bonds. The molecule has 2 aromatic rings. The summed E-state index contributed by atoms with van der Waals surface area (Å²) < 4.78 is 5.47. The monoisotopic (exact) mass is 358 g/mol. The van der Waals surface area contributed by atoms with Crippen LogP contribution in [0.5, 0.6) is 0 Å². The Morgan fingerprint density at radius 3 is 2.62 bits per heavy atom. The highest BCUT2D eigenvalue weighted by Gasteiger charge is 2.30. The summed E-state index contributed by atoms with van der Waals surface area (Å²) >= 11 is 0. The summed E-state index contributed by atoms with van der Waals surface area (Å²) in [4.78, 5) is 36.4. The minimum Gasteiger partial charge on any atom is -0.478 e. The minimum atomic E-state index is -1.32. The van der Waals surface area contributed by atoms with E-state index in [0.717, 1.165) is 37.8 Å². The van der Waals surface area contributed by atoms with Gasteiger partial charge < -0.3 is 14.4 Å². The largest absolute Gasteiger partial charge is 0.478 e. The molecule has 8 heteroatoms. The molecule has 1 fully saturated rings. The number of carboxylic acids is 1. The molecule has 3 rings (SSSR count). The summed E-state index contributed by atoms with van der Waals surface area (Å²) in [7, 11) is 0. The molecule has 1 aliphatic heterocycles. The summed E-state index contributed by atoms with van der Waals surface area (Å²) in [5.41, 5.74) is -0.709. The maximum Gasteiger partial charge on any atom is 0.335 e. The number of nitro groups is 1. The smallest absolute Gasteiger partial charge is 0.335 e. The Labute approximate surface area is 149 Å². The molecule has 0 aliphatic carbocycles. The maximum atomic E-state index is 13.1. The Balaban J connectivity index is 2.00. The van der Waals surface area contributed by atoms with E-state index in [1.54, 1.807) is 23.3 Å². The average Bonchev–Trinajstić information content (AvgIpc) is 3.05. The van der Waals surface area contributed by atoms with Crippen molar-refractivity contribution >= 4 is 17.6 Å². The van der Waals surface area contributed by atoms with Crippen LogP contribution in [0, 0.1) is 10.1 Å². The molecule has 26 heavy (non-hydrogen) atoms. The molecule has 1 saturated heterocycles. The maximum absolute atomic E-state index is 13.1. The first-order valence-electron chi connectivity index (χ1n) is 8.34. The number of carbonyl (C=O) groups is 2. The van der Waals surface area contributed by atoms with Gasteiger partial charge in [0, 0.05) is 24.2 Å². The Kier molecular flexibility index (Phi) is 5.01. The van der Waals surface area contributed by atoms with Gasteiger partial charge in [0.25, 0.3) is 11.6 Å². The summed E-state index contributed by atoms with van der Waals surface area (Å²) in [6.45, 7) is 0.481. The molecular weight excluding hydrogens is 340 g/mol. The molecule has 1 unspecified atom stereocenters. The fourth-order valence-corrected chi connectivity index (χ4v) is 3.26. The Hall–Kier alpha value is -3.16. The fourth-order valence-electron chi connectivity index (χ4n) is 3.26. The number of carbonyl (C=O) groups excluding carboxylic acids is 1. The third kappa shape index (κ3) is 3.58. The number of amides is 1. The molecule has 8 nitrogen and oxygen atoms in total.